The molecule has 1 aliphatic carbocycles. The fraction of sp³-hybridized carbons (Fsp3) is 0.250. The number of aromatic nitrogens is 1. The van der Waals surface area contributed by atoms with Gasteiger partial charge in [-0.1, -0.05) is 18.2 Å². The SMILES string of the molecule is COc1cccc(C=CC(=O)Nc2cc(CO)ccc2Nc2ccc(C#N)cn2)c1OC1CCCC1. The van der Waals surface area contributed by atoms with Crippen LogP contribution in [-0.2, 0) is 11.4 Å². The maximum atomic E-state index is 12.9. The molecule has 1 heterocycles. The number of pyridine rings is 1. The van der Waals surface area contributed by atoms with Crippen LogP contribution >= 0.6 is 0 Å². The van der Waals surface area contributed by atoms with Gasteiger partial charge in [-0.15, -0.1) is 0 Å². The minimum absolute atomic E-state index is 0.146. The Morgan fingerprint density at radius 2 is 2.03 bits per heavy atom. The van der Waals surface area contributed by atoms with E-state index in [0.29, 0.717) is 39.8 Å². The average Bonchev–Trinajstić information content (AvgIpc) is 3.42. The molecular weight excluding hydrogens is 456 g/mol. The van der Waals surface area contributed by atoms with Gasteiger partial charge in [0.2, 0.25) is 5.91 Å². The van der Waals surface area contributed by atoms with Crippen LogP contribution in [0.5, 0.6) is 11.5 Å². The van der Waals surface area contributed by atoms with Crippen LogP contribution in [0, 0.1) is 11.3 Å². The van der Waals surface area contributed by atoms with Crippen molar-refractivity contribution in [3.8, 4) is 17.6 Å². The molecule has 8 nitrogen and oxygen atoms in total. The third-order valence-electron chi connectivity index (χ3n) is 5.91. The van der Waals surface area contributed by atoms with Gasteiger partial charge in [0.25, 0.3) is 0 Å². The Morgan fingerprint density at radius 1 is 1.19 bits per heavy atom. The van der Waals surface area contributed by atoms with Gasteiger partial charge < -0.3 is 25.2 Å². The maximum Gasteiger partial charge on any atom is 0.248 e. The molecule has 1 aromatic heterocycles. The molecule has 3 N–H and O–H groups in total. The summed E-state index contributed by atoms with van der Waals surface area (Å²) in [6.07, 6.45) is 9.06. The molecule has 1 fully saturated rings. The number of amides is 1. The molecule has 1 saturated carbocycles. The van der Waals surface area contributed by atoms with Crippen LogP contribution in [0.2, 0.25) is 0 Å². The number of anilines is 3. The first-order valence-electron chi connectivity index (χ1n) is 11.8. The molecule has 0 spiro atoms. The number of nitrogens with zero attached hydrogens (tertiary/aromatic N) is 2. The highest BCUT2D eigenvalue weighted by atomic mass is 16.5. The molecule has 184 valence electrons. The fourth-order valence-corrected chi connectivity index (χ4v) is 4.04. The molecule has 1 amide bonds. The zero-order valence-electron chi connectivity index (χ0n) is 20.0. The Balaban J connectivity index is 1.53. The summed E-state index contributed by atoms with van der Waals surface area (Å²) in [6.45, 7) is -0.167. The van der Waals surface area contributed by atoms with Gasteiger partial charge in [-0.05, 0) is 67.7 Å². The standard InChI is InChI=1S/C28H28N4O4/c1-35-25-8-4-5-21(28(25)36-22-6-2-3-7-22)11-14-27(34)32-24-15-19(18-33)9-12-23(24)31-26-13-10-20(16-29)17-30-26/h4-5,8-15,17,22,33H,2-3,6-7,18H2,1H3,(H,30,31)(H,32,34). The third kappa shape index (κ3) is 6.20. The lowest BCUT2D eigenvalue weighted by atomic mass is 10.1. The molecule has 0 radical (unpaired) electrons. The van der Waals surface area contributed by atoms with Crippen molar-refractivity contribution >= 4 is 29.2 Å². The number of carbonyl (C=O) groups excluding carboxylic acids is 1. The Labute approximate surface area is 210 Å². The number of benzene rings is 2. The number of carbonyl (C=O) groups is 1. The van der Waals surface area contributed by atoms with E-state index in [2.05, 4.69) is 15.6 Å². The van der Waals surface area contributed by atoms with Crippen molar-refractivity contribution in [2.24, 2.45) is 0 Å². The summed E-state index contributed by atoms with van der Waals surface area (Å²) in [4.78, 5) is 17.1. The molecule has 2 aromatic carbocycles. The van der Waals surface area contributed by atoms with Crippen LogP contribution in [0.25, 0.3) is 6.08 Å². The van der Waals surface area contributed by atoms with Crippen molar-refractivity contribution in [2.45, 2.75) is 38.4 Å². The van der Waals surface area contributed by atoms with Crippen LogP contribution in [-0.4, -0.2) is 29.2 Å². The summed E-state index contributed by atoms with van der Waals surface area (Å²) in [5.74, 6) is 1.42. The van der Waals surface area contributed by atoms with Crippen molar-refractivity contribution in [1.82, 2.24) is 4.98 Å². The molecule has 36 heavy (non-hydrogen) atoms. The number of aliphatic hydroxyl groups excluding tert-OH is 1. The number of ether oxygens (including phenoxy) is 2. The summed E-state index contributed by atoms with van der Waals surface area (Å²) in [7, 11) is 1.60. The largest absolute Gasteiger partial charge is 0.493 e. The van der Waals surface area contributed by atoms with E-state index in [0.717, 1.165) is 31.2 Å². The first-order chi connectivity index (χ1) is 17.6. The highest BCUT2D eigenvalue weighted by molar-refractivity contribution is 6.04. The summed E-state index contributed by atoms with van der Waals surface area (Å²) in [6, 6.07) is 16.1. The number of hydrogen-bond acceptors (Lipinski definition) is 7. The monoisotopic (exact) mass is 484 g/mol. The average molecular weight is 485 g/mol. The lowest BCUT2D eigenvalue weighted by Crippen LogP contribution is -2.13. The lowest BCUT2D eigenvalue weighted by molar-refractivity contribution is -0.111. The van der Waals surface area contributed by atoms with Crippen molar-refractivity contribution in [1.29, 1.82) is 5.26 Å². The second kappa shape index (κ2) is 11.9. The number of nitrogens with one attached hydrogen (secondary N) is 2. The van der Waals surface area contributed by atoms with E-state index in [1.807, 2.05) is 24.3 Å². The van der Waals surface area contributed by atoms with E-state index in [-0.39, 0.29) is 18.6 Å². The van der Waals surface area contributed by atoms with Gasteiger partial charge in [-0.25, -0.2) is 4.98 Å². The molecule has 0 atom stereocenters. The third-order valence-corrected chi connectivity index (χ3v) is 5.91. The van der Waals surface area contributed by atoms with Crippen molar-refractivity contribution in [2.75, 3.05) is 17.7 Å². The number of methoxy groups -OCH3 is 1. The number of para-hydroxylation sites is 1. The topological polar surface area (TPSA) is 116 Å². The van der Waals surface area contributed by atoms with E-state index >= 15 is 0 Å². The summed E-state index contributed by atoms with van der Waals surface area (Å²) in [5.41, 5.74) is 2.92. The maximum absolute atomic E-state index is 12.9. The number of nitriles is 1. The number of hydrogen-bond donors (Lipinski definition) is 3. The van der Waals surface area contributed by atoms with Gasteiger partial charge in [-0.3, -0.25) is 4.79 Å². The molecule has 0 saturated heterocycles. The summed E-state index contributed by atoms with van der Waals surface area (Å²) < 4.78 is 11.7. The second-order valence-corrected chi connectivity index (χ2v) is 8.43. The van der Waals surface area contributed by atoms with Gasteiger partial charge in [0.15, 0.2) is 11.5 Å². The smallest absolute Gasteiger partial charge is 0.248 e. The molecule has 0 aliphatic heterocycles. The normalized spacial score (nSPS) is 13.4. The van der Waals surface area contributed by atoms with E-state index in [4.69, 9.17) is 14.7 Å². The number of rotatable bonds is 9. The quantitative estimate of drug-likeness (QED) is 0.359. The Morgan fingerprint density at radius 3 is 2.72 bits per heavy atom. The Bertz CT molecular complexity index is 1280. The van der Waals surface area contributed by atoms with Gasteiger partial charge >= 0.3 is 0 Å². The van der Waals surface area contributed by atoms with Gasteiger partial charge in [0.05, 0.1) is 36.8 Å². The highest BCUT2D eigenvalue weighted by Crippen LogP contribution is 2.35. The van der Waals surface area contributed by atoms with Gasteiger partial charge in [0.1, 0.15) is 11.9 Å². The van der Waals surface area contributed by atoms with Crippen LogP contribution in [0.3, 0.4) is 0 Å². The van der Waals surface area contributed by atoms with Crippen molar-refractivity contribution < 1.29 is 19.4 Å². The zero-order chi connectivity index (χ0) is 25.3. The molecule has 1 aliphatic rings. The first-order valence-corrected chi connectivity index (χ1v) is 11.8. The predicted octanol–water partition coefficient (Wildman–Crippen LogP) is 5.17. The van der Waals surface area contributed by atoms with Gasteiger partial charge in [0, 0.05) is 17.8 Å². The van der Waals surface area contributed by atoms with Crippen LogP contribution < -0.4 is 20.1 Å². The highest BCUT2D eigenvalue weighted by Gasteiger charge is 2.20. The van der Waals surface area contributed by atoms with Gasteiger partial charge in [-0.2, -0.15) is 5.26 Å². The second-order valence-electron chi connectivity index (χ2n) is 8.43. The molecular formula is C28H28N4O4. The number of aliphatic hydroxyl groups is 1. The fourth-order valence-electron chi connectivity index (χ4n) is 4.04. The minimum atomic E-state index is -0.351. The predicted molar refractivity (Wildman–Crippen MR) is 138 cm³/mol. The molecule has 0 unspecified atom stereocenters. The van der Waals surface area contributed by atoms with Crippen LogP contribution in [0.1, 0.15) is 42.4 Å². The van der Waals surface area contributed by atoms with E-state index in [1.54, 1.807) is 43.5 Å². The molecule has 8 heteroatoms. The Kier molecular flexibility index (Phi) is 8.16. The van der Waals surface area contributed by atoms with Crippen molar-refractivity contribution in [3.63, 3.8) is 0 Å². The summed E-state index contributed by atoms with van der Waals surface area (Å²) in [5, 5.41) is 24.5. The van der Waals surface area contributed by atoms with E-state index < -0.39 is 0 Å². The lowest BCUT2D eigenvalue weighted by Gasteiger charge is -2.18. The van der Waals surface area contributed by atoms with Crippen molar-refractivity contribution in [3.05, 3.63) is 77.5 Å². The Hall–Kier alpha value is -4.35. The van der Waals surface area contributed by atoms with Crippen LogP contribution in [0.4, 0.5) is 17.2 Å². The first kappa shape index (κ1) is 24.8. The van der Waals surface area contributed by atoms with E-state index in [1.165, 1.54) is 12.3 Å². The zero-order valence-corrected chi connectivity index (χ0v) is 20.0. The van der Waals surface area contributed by atoms with E-state index in [9.17, 15) is 9.90 Å². The van der Waals surface area contributed by atoms with Crippen LogP contribution in [0.15, 0.2) is 60.8 Å². The molecule has 3 aromatic rings. The minimum Gasteiger partial charge on any atom is -0.493 e. The molecule has 0 bridgehead atoms. The molecule has 4 rings (SSSR count). The summed E-state index contributed by atoms with van der Waals surface area (Å²) >= 11 is 0.